The van der Waals surface area contributed by atoms with Gasteiger partial charge in [-0.15, -0.1) is 22.7 Å². The molecule has 0 N–H and O–H groups in total. The molecule has 0 radical (unpaired) electrons. The predicted molar refractivity (Wildman–Crippen MR) is 326 cm³/mol. The Bertz CT molecular complexity index is 3760. The zero-order chi connectivity index (χ0) is 61.2. The van der Waals surface area contributed by atoms with Gasteiger partial charge in [0.15, 0.2) is 0 Å². The lowest BCUT2D eigenvalue weighted by molar-refractivity contribution is -0.165. The van der Waals surface area contributed by atoms with Crippen LogP contribution in [0.2, 0.25) is 0 Å². The summed E-state index contributed by atoms with van der Waals surface area (Å²) in [6, 6.07) is 15.1. The number of aromatic nitrogens is 5. The molecule has 23 heteroatoms. The SMILES string of the molecule is COc1ccccc1[C@H](Cn1c(=O)n(C(C)(C)C(=O)OC(C)(C)C)c(=O)c2c(C)c(-c3ncco3)sc21)OC1CCOCC1.COc1ccccc1[C@H](Cn1c(=O)n(C(C)(C)C(=O)OC(C)(C)C)c(=O)c2c(C)c(Br)sc21)OC1CCOCC1.[2H-]. The Morgan fingerprint density at radius 1 is 0.643 bits per heavy atom. The van der Waals surface area contributed by atoms with Crippen molar-refractivity contribution in [1.82, 2.24) is 23.3 Å². The topological polar surface area (TPSA) is 222 Å². The number of nitrogens with zero attached hydrogens (tertiary/aromatic N) is 5. The standard InChI is InChI=1S/C32H39N3O8S.C29H37BrN2O7S.H/c1-19-24-27(36)35(32(5,6)29(37)43-31(2,3)4)30(38)34(28(24)44-25(19)26-33-14-17-41-26)18-23(42-20-12-15-40-16-13-20)21-10-8-9-11-22(21)39-7;1-17-22-24(33)32(29(5,6)26(34)39-28(2,3)4)27(35)31(25(22)40-23(17)30)16-21(38-18-12-14-37-15-13-18)19-10-8-9-11-20(19)36-7;/h8-11,14,17,20,23H,12-13,15-16,18H2,1-7H3;8-11,18,21H,12-16H2,1-7H3;/q;;-1/t23-;21-;/m00./s1/i;;1+1. The van der Waals surface area contributed by atoms with Crippen molar-refractivity contribution in [2.45, 2.75) is 169 Å². The number of benzene rings is 2. The number of carbonyl (C=O) groups excluding carboxylic acids is 2. The van der Waals surface area contributed by atoms with Gasteiger partial charge in [-0.2, -0.15) is 0 Å². The van der Waals surface area contributed by atoms with Crippen molar-refractivity contribution in [3.63, 3.8) is 0 Å². The Hall–Kier alpha value is -6.21. The lowest BCUT2D eigenvalue weighted by Crippen LogP contribution is -2.54. The Balaban J connectivity index is 0.000000242. The number of ether oxygens (including phenoxy) is 8. The fourth-order valence-corrected chi connectivity index (χ4v) is 13.1. The number of aryl methyl sites for hydroxylation is 2. The number of esters is 2. The zero-order valence-electron chi connectivity index (χ0n) is 51.2. The quantitative estimate of drug-likeness (QED) is 0.0773. The van der Waals surface area contributed by atoms with Gasteiger partial charge in [-0.25, -0.2) is 33.3 Å². The molecule has 2 aliphatic rings. The van der Waals surface area contributed by atoms with Crippen molar-refractivity contribution >= 4 is 71.0 Å². The number of hydrogen-bond donors (Lipinski definition) is 0. The molecule has 84 heavy (non-hydrogen) atoms. The second-order valence-electron chi connectivity index (χ2n) is 23.8. The number of halogens is 1. The van der Waals surface area contributed by atoms with Crippen LogP contribution in [-0.4, -0.2) is 99.2 Å². The smallest absolute Gasteiger partial charge is 0.333 e. The van der Waals surface area contributed by atoms with Crippen molar-refractivity contribution < 1.29 is 53.3 Å². The van der Waals surface area contributed by atoms with Gasteiger partial charge >= 0.3 is 23.3 Å². The fourth-order valence-electron chi connectivity index (χ4n) is 10.2. The lowest BCUT2D eigenvalue weighted by atomic mass is 10.0. The number of fused-ring (bicyclic) bond motifs is 2. The van der Waals surface area contributed by atoms with Crippen LogP contribution in [0.25, 0.3) is 31.2 Å². The van der Waals surface area contributed by atoms with Gasteiger partial charge < -0.3 is 43.7 Å². The van der Waals surface area contributed by atoms with Crippen molar-refractivity contribution in [2.24, 2.45) is 0 Å². The normalized spacial score (nSPS) is 15.6. The van der Waals surface area contributed by atoms with Gasteiger partial charge in [0.05, 0.1) is 65.1 Å². The molecule has 9 rings (SSSR count). The highest BCUT2D eigenvalue weighted by Crippen LogP contribution is 2.40. The summed E-state index contributed by atoms with van der Waals surface area (Å²) in [5.41, 5.74) is -4.39. The number of para-hydroxylation sites is 2. The first-order valence-corrected chi connectivity index (χ1v) is 30.3. The lowest BCUT2D eigenvalue weighted by Gasteiger charge is -2.31. The highest BCUT2D eigenvalue weighted by atomic mass is 79.9. The van der Waals surface area contributed by atoms with Crippen LogP contribution < -0.4 is 32.0 Å². The molecule has 2 saturated heterocycles. The van der Waals surface area contributed by atoms with E-state index in [4.69, 9.17) is 42.3 Å². The van der Waals surface area contributed by atoms with E-state index in [2.05, 4.69) is 20.9 Å². The van der Waals surface area contributed by atoms with E-state index in [0.29, 0.717) is 93.1 Å². The van der Waals surface area contributed by atoms with Crippen molar-refractivity contribution in [1.29, 1.82) is 0 Å². The summed E-state index contributed by atoms with van der Waals surface area (Å²) in [6.45, 7) is 22.7. The van der Waals surface area contributed by atoms with E-state index in [9.17, 15) is 28.8 Å². The summed E-state index contributed by atoms with van der Waals surface area (Å²) in [6.07, 6.45) is 4.45. The number of hydrogen-bond acceptors (Lipinski definition) is 18. The first-order valence-electron chi connectivity index (χ1n) is 27.9. The van der Waals surface area contributed by atoms with Gasteiger partial charge in [-0.05, 0) is 148 Å². The minimum absolute atomic E-state index is 0. The summed E-state index contributed by atoms with van der Waals surface area (Å²) in [5.74, 6) is 0.209. The average molecular weight is 1270 g/mol. The Labute approximate surface area is 505 Å². The van der Waals surface area contributed by atoms with Crippen molar-refractivity contribution in [3.8, 4) is 22.3 Å². The first-order chi connectivity index (χ1) is 39.6. The van der Waals surface area contributed by atoms with Gasteiger partial charge in [-0.1, -0.05) is 36.4 Å². The minimum Gasteiger partial charge on any atom is -1.00 e. The molecule has 456 valence electrons. The molecule has 7 heterocycles. The molecule has 0 spiro atoms. The van der Waals surface area contributed by atoms with Gasteiger partial charge in [0.25, 0.3) is 11.1 Å². The molecule has 0 unspecified atom stereocenters. The summed E-state index contributed by atoms with van der Waals surface area (Å²) in [5, 5.41) is 0.669. The highest BCUT2D eigenvalue weighted by Gasteiger charge is 2.41. The Morgan fingerprint density at radius 3 is 1.44 bits per heavy atom. The fraction of sp³-hybridized carbons (Fsp3) is 0.525. The molecular weight excluding hydrogens is 1190 g/mol. The largest absolute Gasteiger partial charge is 1.00 e. The zero-order valence-corrected chi connectivity index (χ0v) is 53.4. The second kappa shape index (κ2) is 25.8. The van der Waals surface area contributed by atoms with Gasteiger partial charge in [0, 0.05) is 37.6 Å². The highest BCUT2D eigenvalue weighted by molar-refractivity contribution is 9.11. The van der Waals surface area contributed by atoms with E-state index in [-0.39, 0.29) is 26.7 Å². The molecule has 2 atom stereocenters. The van der Waals surface area contributed by atoms with Crippen LogP contribution in [0.1, 0.15) is 131 Å². The maximum atomic E-state index is 14.5. The van der Waals surface area contributed by atoms with Gasteiger partial charge in [-0.3, -0.25) is 18.7 Å². The van der Waals surface area contributed by atoms with E-state index in [1.165, 1.54) is 67.4 Å². The number of carbonyl (C=O) groups is 2. The molecule has 0 aliphatic carbocycles. The van der Waals surface area contributed by atoms with E-state index in [1.807, 2.05) is 55.5 Å². The van der Waals surface area contributed by atoms with Gasteiger partial charge in [0.1, 0.15) is 61.9 Å². The molecule has 2 aliphatic heterocycles. The molecule has 0 saturated carbocycles. The third kappa shape index (κ3) is 13.6. The van der Waals surface area contributed by atoms with E-state index in [1.54, 1.807) is 67.3 Å². The number of methoxy groups -OCH3 is 2. The average Bonchev–Trinajstić information content (AvgIpc) is 1.80. The number of thiophene rings is 2. The van der Waals surface area contributed by atoms with Gasteiger partial charge in [0.2, 0.25) is 5.89 Å². The van der Waals surface area contributed by atoms with Crippen molar-refractivity contribution in [3.05, 3.63) is 129 Å². The molecule has 0 bridgehead atoms. The van der Waals surface area contributed by atoms with Crippen LogP contribution in [0.15, 0.2) is 88.4 Å². The minimum atomic E-state index is -1.63. The molecule has 20 nitrogen and oxygen atoms in total. The van der Waals surface area contributed by atoms with Crippen LogP contribution >= 0.6 is 38.6 Å². The monoisotopic (exact) mass is 1260 g/mol. The maximum Gasteiger partial charge on any atom is 0.333 e. The molecule has 7 aromatic rings. The molecule has 0 amide bonds. The van der Waals surface area contributed by atoms with E-state index >= 15 is 0 Å². The third-order valence-electron chi connectivity index (χ3n) is 14.6. The Kier molecular flexibility index (Phi) is 19.6. The summed E-state index contributed by atoms with van der Waals surface area (Å²) in [7, 11) is 3.18. The van der Waals surface area contributed by atoms with E-state index < -0.39 is 68.9 Å². The number of rotatable bonds is 17. The number of oxazole rings is 1. The third-order valence-corrected chi connectivity index (χ3v) is 18.1. The second-order valence-corrected chi connectivity index (χ2v) is 27.1. The van der Waals surface area contributed by atoms with E-state index in [0.717, 1.165) is 36.9 Å². The molecular formula is C61H77BrN5O15S2-. The van der Waals surface area contributed by atoms with Crippen LogP contribution in [0.3, 0.4) is 0 Å². The Morgan fingerprint density at radius 2 is 1.05 bits per heavy atom. The van der Waals surface area contributed by atoms with Crippen LogP contribution in [-0.2, 0) is 62.2 Å². The van der Waals surface area contributed by atoms with Crippen molar-refractivity contribution in [2.75, 3.05) is 40.6 Å². The summed E-state index contributed by atoms with van der Waals surface area (Å²) < 4.78 is 58.4. The van der Waals surface area contributed by atoms with Crippen LogP contribution in [0, 0.1) is 13.8 Å². The molecule has 2 fully saturated rings. The maximum absolute atomic E-state index is 14.5. The van der Waals surface area contributed by atoms with Crippen LogP contribution in [0.5, 0.6) is 11.5 Å². The molecule has 2 aromatic carbocycles. The van der Waals surface area contributed by atoms with Crippen LogP contribution in [0.4, 0.5) is 0 Å². The predicted octanol–water partition coefficient (Wildman–Crippen LogP) is 10.6. The molecule has 5 aromatic heterocycles. The first kappa shape index (κ1) is 63.8. The summed E-state index contributed by atoms with van der Waals surface area (Å²) >= 11 is 6.10. The summed E-state index contributed by atoms with van der Waals surface area (Å²) in [4.78, 5) is 89.5.